The van der Waals surface area contributed by atoms with E-state index in [0.29, 0.717) is 25.2 Å². The van der Waals surface area contributed by atoms with Gasteiger partial charge in [-0.15, -0.1) is 24.8 Å². The monoisotopic (exact) mass is 437 g/mol. The highest BCUT2D eigenvalue weighted by Gasteiger charge is 2.24. The summed E-state index contributed by atoms with van der Waals surface area (Å²) in [4.78, 5) is 25.8. The van der Waals surface area contributed by atoms with Crippen molar-refractivity contribution < 1.29 is 4.79 Å². The molecule has 156 valence electrons. The van der Waals surface area contributed by atoms with Gasteiger partial charge in [0.15, 0.2) is 5.65 Å². The fraction of sp³-hybridized carbons (Fsp3) is 0.368. The lowest BCUT2D eigenvalue weighted by Crippen LogP contribution is -2.49. The molecule has 2 aromatic heterocycles. The Bertz CT molecular complexity index is 982. The second kappa shape index (κ2) is 9.28. The van der Waals surface area contributed by atoms with Crippen molar-refractivity contribution in [3.63, 3.8) is 0 Å². The summed E-state index contributed by atoms with van der Waals surface area (Å²) in [6, 6.07) is 7.48. The molecule has 8 nitrogen and oxygen atoms in total. The lowest BCUT2D eigenvalue weighted by molar-refractivity contribution is -0.130. The number of amides is 1. The number of piperazine rings is 1. The van der Waals surface area contributed by atoms with Gasteiger partial charge in [-0.25, -0.2) is 9.97 Å². The van der Waals surface area contributed by atoms with Crippen LogP contribution in [0.3, 0.4) is 0 Å². The molecule has 10 heteroatoms. The molecule has 2 N–H and O–H groups in total. The Kier molecular flexibility index (Phi) is 7.26. The summed E-state index contributed by atoms with van der Waals surface area (Å²) in [5, 5.41) is 5.25. The van der Waals surface area contributed by atoms with E-state index >= 15 is 0 Å². The van der Waals surface area contributed by atoms with E-state index in [1.165, 1.54) is 0 Å². The van der Waals surface area contributed by atoms with Gasteiger partial charge in [-0.1, -0.05) is 12.1 Å². The Hall–Kier alpha value is -2.58. The highest BCUT2D eigenvalue weighted by Crippen LogP contribution is 2.24. The van der Waals surface area contributed by atoms with Crippen LogP contribution in [0.4, 0.5) is 11.5 Å². The molecule has 29 heavy (non-hydrogen) atoms. The zero-order valence-corrected chi connectivity index (χ0v) is 18.0. The number of nitrogen functional groups attached to an aromatic ring is 1. The van der Waals surface area contributed by atoms with E-state index in [9.17, 15) is 4.79 Å². The summed E-state index contributed by atoms with van der Waals surface area (Å²) in [5.74, 6) is 1.77. The van der Waals surface area contributed by atoms with Crippen LogP contribution < -0.4 is 10.6 Å². The molecular formula is C19H25Cl2N7O. The van der Waals surface area contributed by atoms with Gasteiger partial charge in [0.25, 0.3) is 0 Å². The molecule has 1 fully saturated rings. The fourth-order valence-electron chi connectivity index (χ4n) is 3.44. The Balaban J connectivity index is 0.00000150. The predicted octanol–water partition coefficient (Wildman–Crippen LogP) is 1.99. The molecule has 3 heterocycles. The molecule has 0 unspecified atom stereocenters. The predicted molar refractivity (Wildman–Crippen MR) is 119 cm³/mol. The minimum absolute atomic E-state index is 0. The molecule has 0 saturated carbocycles. The number of carbonyl (C=O) groups is 1. The Morgan fingerprint density at radius 2 is 1.72 bits per heavy atom. The van der Waals surface area contributed by atoms with E-state index in [1.807, 2.05) is 49.3 Å². The SMILES string of the molecule is Cc1nc(N2CCN(C(=O)Cc3ccc(N)cc3)CC2)c2cnn(C)c2n1.Cl.Cl. The lowest BCUT2D eigenvalue weighted by Gasteiger charge is -2.35. The third-order valence-electron chi connectivity index (χ3n) is 4.95. The van der Waals surface area contributed by atoms with Crippen LogP contribution in [0.1, 0.15) is 11.4 Å². The van der Waals surface area contributed by atoms with Crippen LogP contribution in [0.15, 0.2) is 30.5 Å². The van der Waals surface area contributed by atoms with Crippen LogP contribution in [0.25, 0.3) is 11.0 Å². The van der Waals surface area contributed by atoms with E-state index in [0.717, 1.165) is 41.3 Å². The van der Waals surface area contributed by atoms with Crippen molar-refractivity contribution in [2.45, 2.75) is 13.3 Å². The standard InChI is InChI=1S/C19H23N7O.2ClH/c1-13-22-18-16(12-21-24(18)2)19(23-13)26-9-7-25(8-10-26)17(27)11-14-3-5-15(20)6-4-14;;/h3-6,12H,7-11,20H2,1-2H3;2*1H. The van der Waals surface area contributed by atoms with Crippen molar-refractivity contribution >= 4 is 53.3 Å². The van der Waals surface area contributed by atoms with Gasteiger partial charge in [0.2, 0.25) is 5.91 Å². The van der Waals surface area contributed by atoms with Crippen LogP contribution in [-0.4, -0.2) is 56.7 Å². The van der Waals surface area contributed by atoms with E-state index in [4.69, 9.17) is 5.73 Å². The highest BCUT2D eigenvalue weighted by molar-refractivity contribution is 5.87. The molecule has 4 rings (SSSR count). The van der Waals surface area contributed by atoms with Gasteiger partial charge in [0.05, 0.1) is 18.0 Å². The van der Waals surface area contributed by atoms with Gasteiger partial charge in [-0.05, 0) is 24.6 Å². The topological polar surface area (TPSA) is 93.2 Å². The highest BCUT2D eigenvalue weighted by atomic mass is 35.5. The van der Waals surface area contributed by atoms with Crippen molar-refractivity contribution in [3.05, 3.63) is 41.9 Å². The number of benzene rings is 1. The fourth-order valence-corrected chi connectivity index (χ4v) is 3.44. The molecule has 1 aliphatic heterocycles. The molecule has 0 atom stereocenters. The third-order valence-corrected chi connectivity index (χ3v) is 4.95. The molecule has 0 aliphatic carbocycles. The van der Waals surface area contributed by atoms with Gasteiger partial charge in [0.1, 0.15) is 11.6 Å². The summed E-state index contributed by atoms with van der Waals surface area (Å²) < 4.78 is 1.76. The summed E-state index contributed by atoms with van der Waals surface area (Å²) in [7, 11) is 1.88. The molecule has 0 spiro atoms. The van der Waals surface area contributed by atoms with Crippen LogP contribution in [0.5, 0.6) is 0 Å². The molecule has 3 aromatic rings. The van der Waals surface area contributed by atoms with Crippen molar-refractivity contribution in [3.8, 4) is 0 Å². The number of carbonyl (C=O) groups excluding carboxylic acids is 1. The summed E-state index contributed by atoms with van der Waals surface area (Å²) >= 11 is 0. The maximum atomic E-state index is 12.6. The maximum Gasteiger partial charge on any atom is 0.227 e. The first kappa shape index (κ1) is 22.7. The number of rotatable bonds is 3. The second-order valence-corrected chi connectivity index (χ2v) is 6.89. The molecule has 1 aromatic carbocycles. The number of fused-ring (bicyclic) bond motifs is 1. The van der Waals surface area contributed by atoms with Crippen LogP contribution >= 0.6 is 24.8 Å². The van der Waals surface area contributed by atoms with Gasteiger partial charge in [-0.2, -0.15) is 5.10 Å². The quantitative estimate of drug-likeness (QED) is 0.629. The van der Waals surface area contributed by atoms with Gasteiger partial charge < -0.3 is 15.5 Å². The zero-order chi connectivity index (χ0) is 19.0. The number of hydrogen-bond donors (Lipinski definition) is 1. The van der Waals surface area contributed by atoms with E-state index in [-0.39, 0.29) is 30.7 Å². The Morgan fingerprint density at radius 3 is 2.38 bits per heavy atom. The summed E-state index contributed by atoms with van der Waals surface area (Å²) in [6.45, 7) is 4.74. The Labute approximate surface area is 181 Å². The van der Waals surface area contributed by atoms with Gasteiger partial charge in [0, 0.05) is 38.9 Å². The van der Waals surface area contributed by atoms with E-state index < -0.39 is 0 Å². The number of nitrogens with two attached hydrogens (primary N) is 1. The molecular weight excluding hydrogens is 413 g/mol. The Morgan fingerprint density at radius 1 is 1.07 bits per heavy atom. The smallest absolute Gasteiger partial charge is 0.227 e. The number of aryl methyl sites for hydroxylation is 2. The first-order valence-electron chi connectivity index (χ1n) is 9.05. The number of anilines is 2. The van der Waals surface area contributed by atoms with E-state index in [1.54, 1.807) is 4.68 Å². The lowest BCUT2D eigenvalue weighted by atomic mass is 10.1. The molecule has 0 bridgehead atoms. The largest absolute Gasteiger partial charge is 0.399 e. The normalized spacial score (nSPS) is 13.7. The zero-order valence-electron chi connectivity index (χ0n) is 16.4. The summed E-state index contributed by atoms with van der Waals surface area (Å²) in [5.41, 5.74) is 8.23. The average Bonchev–Trinajstić information content (AvgIpc) is 3.04. The van der Waals surface area contributed by atoms with Crippen molar-refractivity contribution in [2.75, 3.05) is 36.8 Å². The number of halogens is 2. The number of hydrogen-bond acceptors (Lipinski definition) is 6. The molecule has 1 aliphatic rings. The minimum Gasteiger partial charge on any atom is -0.399 e. The van der Waals surface area contributed by atoms with Gasteiger partial charge >= 0.3 is 0 Å². The number of aromatic nitrogens is 4. The first-order chi connectivity index (χ1) is 13.0. The van der Waals surface area contributed by atoms with Gasteiger partial charge in [-0.3, -0.25) is 9.48 Å². The second-order valence-electron chi connectivity index (χ2n) is 6.89. The average molecular weight is 438 g/mol. The molecule has 1 amide bonds. The van der Waals surface area contributed by atoms with Crippen LogP contribution in [0, 0.1) is 6.92 Å². The van der Waals surface area contributed by atoms with E-state index in [2.05, 4.69) is 20.0 Å². The first-order valence-corrected chi connectivity index (χ1v) is 9.05. The van der Waals surface area contributed by atoms with Crippen LogP contribution in [-0.2, 0) is 18.3 Å². The minimum atomic E-state index is 0. The third kappa shape index (κ3) is 4.71. The van der Waals surface area contributed by atoms with Crippen molar-refractivity contribution in [1.29, 1.82) is 0 Å². The number of nitrogens with zero attached hydrogens (tertiary/aromatic N) is 6. The maximum absolute atomic E-state index is 12.6. The van der Waals surface area contributed by atoms with Crippen molar-refractivity contribution in [1.82, 2.24) is 24.6 Å². The summed E-state index contributed by atoms with van der Waals surface area (Å²) in [6.07, 6.45) is 2.21. The van der Waals surface area contributed by atoms with Crippen LogP contribution in [0.2, 0.25) is 0 Å². The van der Waals surface area contributed by atoms with Crippen molar-refractivity contribution in [2.24, 2.45) is 7.05 Å². The molecule has 1 saturated heterocycles. The molecule has 0 radical (unpaired) electrons.